The summed E-state index contributed by atoms with van der Waals surface area (Å²) in [4.78, 5) is 15.4. The van der Waals surface area contributed by atoms with E-state index in [4.69, 9.17) is 18.9 Å². The van der Waals surface area contributed by atoms with Crippen molar-refractivity contribution in [2.45, 2.75) is 38.0 Å². The highest BCUT2D eigenvalue weighted by Crippen LogP contribution is 2.35. The van der Waals surface area contributed by atoms with Gasteiger partial charge in [0.05, 0.1) is 7.11 Å². The number of amides is 1. The van der Waals surface area contributed by atoms with Crippen molar-refractivity contribution in [3.63, 3.8) is 0 Å². The van der Waals surface area contributed by atoms with E-state index in [2.05, 4.69) is 10.2 Å². The Morgan fingerprint density at radius 1 is 1.09 bits per heavy atom. The van der Waals surface area contributed by atoms with Crippen molar-refractivity contribution >= 4 is 5.91 Å². The number of nitrogens with one attached hydrogen (secondary N) is 1. The fourth-order valence-corrected chi connectivity index (χ4v) is 4.12. The molecule has 0 aliphatic carbocycles. The highest BCUT2D eigenvalue weighted by Gasteiger charge is 2.35. The summed E-state index contributed by atoms with van der Waals surface area (Å²) < 4.78 is 22.2. The van der Waals surface area contributed by atoms with E-state index in [9.17, 15) is 9.90 Å². The van der Waals surface area contributed by atoms with E-state index in [1.54, 1.807) is 56.5 Å². The van der Waals surface area contributed by atoms with Gasteiger partial charge in [0.15, 0.2) is 23.3 Å². The quantitative estimate of drug-likeness (QED) is 0.561. The first kappa shape index (κ1) is 23.2. The molecule has 0 aromatic heterocycles. The first-order chi connectivity index (χ1) is 16.0. The number of ether oxygens (including phenoxy) is 4. The lowest BCUT2D eigenvalue weighted by molar-refractivity contribution is -0.136. The average Bonchev–Trinajstić information content (AvgIpc) is 3.37. The van der Waals surface area contributed by atoms with Crippen LogP contribution in [-0.4, -0.2) is 62.0 Å². The molecule has 0 bridgehead atoms. The van der Waals surface area contributed by atoms with Gasteiger partial charge in [-0.1, -0.05) is 6.07 Å². The first-order valence-electron chi connectivity index (χ1n) is 11.4. The maximum absolute atomic E-state index is 13.1. The van der Waals surface area contributed by atoms with E-state index >= 15 is 0 Å². The van der Waals surface area contributed by atoms with Gasteiger partial charge in [-0.2, -0.15) is 0 Å². The van der Waals surface area contributed by atoms with Gasteiger partial charge in [-0.05, 0) is 69.3 Å². The molecular formula is C25H32N2O6. The van der Waals surface area contributed by atoms with Crippen molar-refractivity contribution in [1.29, 1.82) is 0 Å². The van der Waals surface area contributed by atoms with Gasteiger partial charge in [-0.3, -0.25) is 4.79 Å². The molecule has 2 atom stereocenters. The summed E-state index contributed by atoms with van der Waals surface area (Å²) >= 11 is 0. The van der Waals surface area contributed by atoms with Crippen LogP contribution in [0.15, 0.2) is 42.5 Å². The standard InChI is InChI=1S/C25H32N2O6/c1-18(33-21-8-6-20(30-2)7-9-21)24(28)26-25(29,11-14-27-12-3-4-13-27)19-5-10-22-23(17-19)32-16-15-31-22/h5-10,17-18,29H,3-4,11-16H2,1-2H3,(H,26,28)/t18?,25-/m1/s1. The van der Waals surface area contributed by atoms with Crippen molar-refractivity contribution in [3.8, 4) is 23.0 Å². The monoisotopic (exact) mass is 456 g/mol. The van der Waals surface area contributed by atoms with Crippen LogP contribution in [0.25, 0.3) is 0 Å². The lowest BCUT2D eigenvalue weighted by atomic mass is 9.97. The molecule has 2 aromatic rings. The summed E-state index contributed by atoms with van der Waals surface area (Å²) in [6.07, 6.45) is 1.84. The molecule has 1 unspecified atom stereocenters. The zero-order chi connectivity index (χ0) is 23.3. The SMILES string of the molecule is COc1ccc(OC(C)C(=O)N[C@@](O)(CCN2CCCC2)c2ccc3c(c2)OCCO3)cc1. The molecule has 2 aliphatic heterocycles. The third kappa shape index (κ3) is 5.69. The fraction of sp³-hybridized carbons (Fsp3) is 0.480. The van der Waals surface area contributed by atoms with Gasteiger partial charge in [0.1, 0.15) is 24.7 Å². The molecule has 1 amide bonds. The minimum Gasteiger partial charge on any atom is -0.497 e. The summed E-state index contributed by atoms with van der Waals surface area (Å²) in [5, 5.41) is 14.5. The Hall–Kier alpha value is -2.97. The predicted octanol–water partition coefficient (Wildman–Crippen LogP) is 2.68. The van der Waals surface area contributed by atoms with Crippen molar-refractivity contribution in [2.24, 2.45) is 0 Å². The summed E-state index contributed by atoms with van der Waals surface area (Å²) in [5.41, 5.74) is -1.02. The van der Waals surface area contributed by atoms with Crippen molar-refractivity contribution in [1.82, 2.24) is 10.2 Å². The predicted molar refractivity (Wildman–Crippen MR) is 123 cm³/mol. The van der Waals surface area contributed by atoms with E-state index < -0.39 is 17.7 Å². The topological polar surface area (TPSA) is 89.5 Å². The van der Waals surface area contributed by atoms with Crippen molar-refractivity contribution < 1.29 is 28.8 Å². The van der Waals surface area contributed by atoms with Crippen LogP contribution < -0.4 is 24.3 Å². The maximum atomic E-state index is 13.1. The second-order valence-corrected chi connectivity index (χ2v) is 8.44. The van der Waals surface area contributed by atoms with Gasteiger partial charge in [0.25, 0.3) is 5.91 Å². The highest BCUT2D eigenvalue weighted by atomic mass is 16.6. The number of hydrogen-bond donors (Lipinski definition) is 2. The Morgan fingerprint density at radius 2 is 1.76 bits per heavy atom. The highest BCUT2D eigenvalue weighted by molar-refractivity contribution is 5.81. The van der Waals surface area contributed by atoms with Crippen LogP contribution in [0.4, 0.5) is 0 Å². The minimum atomic E-state index is -1.58. The lowest BCUT2D eigenvalue weighted by Crippen LogP contribution is -2.51. The molecule has 0 spiro atoms. The first-order valence-corrected chi connectivity index (χ1v) is 11.4. The molecule has 2 heterocycles. The van der Waals surface area contributed by atoms with Crippen LogP contribution in [-0.2, 0) is 10.5 Å². The van der Waals surface area contributed by atoms with E-state index in [1.807, 2.05) is 0 Å². The van der Waals surface area contributed by atoms with E-state index in [0.29, 0.717) is 54.7 Å². The smallest absolute Gasteiger partial charge is 0.263 e. The van der Waals surface area contributed by atoms with Crippen molar-refractivity contribution in [3.05, 3.63) is 48.0 Å². The van der Waals surface area contributed by atoms with Crippen LogP contribution in [0.2, 0.25) is 0 Å². The molecule has 1 saturated heterocycles. The Kier molecular flexibility index (Phi) is 7.25. The molecule has 2 aromatic carbocycles. The van der Waals surface area contributed by atoms with Gasteiger partial charge < -0.3 is 34.3 Å². The van der Waals surface area contributed by atoms with Crippen LogP contribution in [0, 0.1) is 0 Å². The zero-order valence-corrected chi connectivity index (χ0v) is 19.2. The second kappa shape index (κ2) is 10.3. The number of carbonyl (C=O) groups excluding carboxylic acids is 1. The number of benzene rings is 2. The largest absolute Gasteiger partial charge is 0.497 e. The van der Waals surface area contributed by atoms with Gasteiger partial charge in [-0.25, -0.2) is 0 Å². The third-order valence-corrected chi connectivity index (χ3v) is 6.08. The molecular weight excluding hydrogens is 424 g/mol. The second-order valence-electron chi connectivity index (χ2n) is 8.44. The molecule has 0 radical (unpaired) electrons. The number of nitrogens with zero attached hydrogens (tertiary/aromatic N) is 1. The Labute approximate surface area is 194 Å². The third-order valence-electron chi connectivity index (χ3n) is 6.08. The zero-order valence-electron chi connectivity index (χ0n) is 19.2. The molecule has 8 heteroatoms. The van der Waals surface area contributed by atoms with Crippen LogP contribution in [0.3, 0.4) is 0 Å². The lowest BCUT2D eigenvalue weighted by Gasteiger charge is -2.33. The summed E-state index contributed by atoms with van der Waals surface area (Å²) in [6, 6.07) is 12.3. The molecule has 0 saturated carbocycles. The molecule has 178 valence electrons. The molecule has 8 nitrogen and oxygen atoms in total. The van der Waals surface area contributed by atoms with E-state index in [0.717, 1.165) is 25.9 Å². The number of aliphatic hydroxyl groups is 1. The summed E-state index contributed by atoms with van der Waals surface area (Å²) in [6.45, 7) is 5.26. The van der Waals surface area contributed by atoms with Crippen molar-refractivity contribution in [2.75, 3.05) is 40.0 Å². The number of fused-ring (bicyclic) bond motifs is 1. The van der Waals surface area contributed by atoms with Gasteiger partial charge in [-0.15, -0.1) is 0 Å². The van der Waals surface area contributed by atoms with E-state index in [1.165, 1.54) is 0 Å². The number of rotatable bonds is 9. The molecule has 2 aliphatic rings. The van der Waals surface area contributed by atoms with E-state index in [-0.39, 0.29) is 0 Å². The Morgan fingerprint density at radius 3 is 2.45 bits per heavy atom. The van der Waals surface area contributed by atoms with Crippen LogP contribution in [0.1, 0.15) is 31.7 Å². The average molecular weight is 457 g/mol. The summed E-state index contributed by atoms with van der Waals surface area (Å²) in [7, 11) is 1.59. The van der Waals surface area contributed by atoms with Gasteiger partial charge in [0.2, 0.25) is 0 Å². The maximum Gasteiger partial charge on any atom is 0.263 e. The summed E-state index contributed by atoms with van der Waals surface area (Å²) in [5.74, 6) is 2.03. The number of methoxy groups -OCH3 is 1. The van der Waals surface area contributed by atoms with Gasteiger partial charge >= 0.3 is 0 Å². The molecule has 2 N–H and O–H groups in total. The molecule has 1 fully saturated rings. The number of hydrogen-bond acceptors (Lipinski definition) is 7. The Balaban J connectivity index is 1.49. The number of carbonyl (C=O) groups is 1. The number of likely N-dealkylation sites (tertiary alicyclic amines) is 1. The van der Waals surface area contributed by atoms with Gasteiger partial charge in [0, 0.05) is 18.5 Å². The fourth-order valence-electron chi connectivity index (χ4n) is 4.12. The van der Waals surface area contributed by atoms with Crippen LogP contribution in [0.5, 0.6) is 23.0 Å². The minimum absolute atomic E-state index is 0.341. The molecule has 33 heavy (non-hydrogen) atoms. The van der Waals surface area contributed by atoms with Crippen LogP contribution >= 0.6 is 0 Å². The molecule has 4 rings (SSSR count). The Bertz CT molecular complexity index is 944. The normalized spacial score (nSPS) is 18.3.